The Morgan fingerprint density at radius 3 is 2.19 bits per heavy atom. The zero-order chi connectivity index (χ0) is 23.2. The van der Waals surface area contributed by atoms with Crippen LogP contribution in [-0.2, 0) is 32.0 Å². The fourth-order valence-electron chi connectivity index (χ4n) is 4.13. The van der Waals surface area contributed by atoms with Crippen molar-refractivity contribution < 1.29 is 16.8 Å². The highest BCUT2D eigenvalue weighted by Gasteiger charge is 2.18. The van der Waals surface area contributed by atoms with E-state index >= 15 is 0 Å². The number of primary sulfonamides is 1. The Labute approximate surface area is 192 Å². The summed E-state index contributed by atoms with van der Waals surface area (Å²) in [6.45, 7) is 5.28. The van der Waals surface area contributed by atoms with Crippen molar-refractivity contribution >= 4 is 25.5 Å². The van der Waals surface area contributed by atoms with E-state index in [2.05, 4.69) is 34.1 Å². The maximum absolute atomic E-state index is 11.9. The molecule has 0 bridgehead atoms. The van der Waals surface area contributed by atoms with Crippen molar-refractivity contribution in [2.24, 2.45) is 5.14 Å². The van der Waals surface area contributed by atoms with Crippen LogP contribution in [-0.4, -0.2) is 60.7 Å². The Hall–Kier alpha value is -1.94. The fourth-order valence-corrected chi connectivity index (χ4v) is 5.86. The first-order valence-electron chi connectivity index (χ1n) is 11.0. The molecule has 0 unspecified atom stereocenters. The van der Waals surface area contributed by atoms with Crippen LogP contribution >= 0.6 is 0 Å². The highest BCUT2D eigenvalue weighted by Crippen LogP contribution is 2.21. The van der Waals surface area contributed by atoms with Gasteiger partial charge in [-0.05, 0) is 55.1 Å². The molecule has 1 saturated heterocycles. The monoisotopic (exact) mass is 479 g/mol. The highest BCUT2D eigenvalue weighted by molar-refractivity contribution is 7.90. The van der Waals surface area contributed by atoms with Gasteiger partial charge in [0.05, 0.1) is 10.6 Å². The number of nitrogens with zero attached hydrogens (tertiary/aromatic N) is 2. The minimum Gasteiger partial charge on any atom is -0.369 e. The number of sulfone groups is 1. The molecule has 1 heterocycles. The first-order valence-corrected chi connectivity index (χ1v) is 14.6. The quantitative estimate of drug-likeness (QED) is 0.525. The van der Waals surface area contributed by atoms with Crippen LogP contribution in [0.2, 0.25) is 0 Å². The van der Waals surface area contributed by atoms with E-state index in [0.717, 1.165) is 70.2 Å². The summed E-state index contributed by atoms with van der Waals surface area (Å²) in [6, 6.07) is 15.4. The molecule has 7 nitrogen and oxygen atoms in total. The lowest BCUT2D eigenvalue weighted by atomic mass is 10.1. The number of hydrogen-bond donors (Lipinski definition) is 1. The van der Waals surface area contributed by atoms with E-state index in [-0.39, 0.29) is 16.2 Å². The molecule has 0 aliphatic carbocycles. The van der Waals surface area contributed by atoms with E-state index < -0.39 is 19.9 Å². The van der Waals surface area contributed by atoms with Crippen LogP contribution < -0.4 is 10.0 Å². The highest BCUT2D eigenvalue weighted by atomic mass is 32.2. The molecule has 176 valence electrons. The summed E-state index contributed by atoms with van der Waals surface area (Å²) in [6.07, 6.45) is 4.91. The molecule has 1 aliphatic heterocycles. The number of anilines is 1. The minimum atomic E-state index is -3.98. The number of hydrogen-bond acceptors (Lipinski definition) is 6. The summed E-state index contributed by atoms with van der Waals surface area (Å²) >= 11 is 0. The van der Waals surface area contributed by atoms with Crippen molar-refractivity contribution in [3.05, 3.63) is 59.7 Å². The molecule has 0 radical (unpaired) electrons. The SMILES string of the molecule is CS(=O)(=O)Cc1ccc(CCCCCN2CCN(c3ccccc3)CC2)cc1S(N)(=O)=O. The van der Waals surface area contributed by atoms with Crippen LogP contribution in [0.15, 0.2) is 53.4 Å². The van der Waals surface area contributed by atoms with Gasteiger partial charge in [0.2, 0.25) is 10.0 Å². The van der Waals surface area contributed by atoms with Gasteiger partial charge in [-0.1, -0.05) is 36.8 Å². The van der Waals surface area contributed by atoms with Gasteiger partial charge in [-0.15, -0.1) is 0 Å². The number of rotatable bonds is 10. The van der Waals surface area contributed by atoms with Crippen LogP contribution in [0.1, 0.15) is 30.4 Å². The molecule has 2 N–H and O–H groups in total. The van der Waals surface area contributed by atoms with E-state index in [9.17, 15) is 16.8 Å². The van der Waals surface area contributed by atoms with Gasteiger partial charge in [-0.25, -0.2) is 22.0 Å². The van der Waals surface area contributed by atoms with Crippen LogP contribution in [0.25, 0.3) is 0 Å². The molecule has 1 fully saturated rings. The number of benzene rings is 2. The number of aryl methyl sites for hydroxylation is 1. The fraction of sp³-hybridized carbons (Fsp3) is 0.478. The Bertz CT molecular complexity index is 1100. The molecule has 32 heavy (non-hydrogen) atoms. The zero-order valence-corrected chi connectivity index (χ0v) is 20.2. The van der Waals surface area contributed by atoms with Crippen molar-refractivity contribution in [3.8, 4) is 0 Å². The Morgan fingerprint density at radius 2 is 1.56 bits per heavy atom. The van der Waals surface area contributed by atoms with E-state index in [1.807, 2.05) is 6.07 Å². The molecular weight excluding hydrogens is 446 g/mol. The maximum Gasteiger partial charge on any atom is 0.238 e. The predicted molar refractivity (Wildman–Crippen MR) is 129 cm³/mol. The van der Waals surface area contributed by atoms with Gasteiger partial charge >= 0.3 is 0 Å². The second kappa shape index (κ2) is 10.8. The van der Waals surface area contributed by atoms with Gasteiger partial charge in [0.15, 0.2) is 9.84 Å². The van der Waals surface area contributed by atoms with E-state index in [1.165, 1.54) is 11.8 Å². The number of piperazine rings is 1. The lowest BCUT2D eigenvalue weighted by Gasteiger charge is -2.36. The second-order valence-electron chi connectivity index (χ2n) is 8.53. The normalized spacial score (nSPS) is 15.8. The zero-order valence-electron chi connectivity index (χ0n) is 18.6. The summed E-state index contributed by atoms with van der Waals surface area (Å²) in [5.74, 6) is -0.337. The minimum absolute atomic E-state index is 0.0864. The molecule has 2 aromatic rings. The number of nitrogens with two attached hydrogens (primary N) is 1. The maximum atomic E-state index is 11.9. The molecule has 9 heteroatoms. The van der Waals surface area contributed by atoms with Gasteiger partial charge in [-0.2, -0.15) is 0 Å². The molecular formula is C23H33N3O4S2. The smallest absolute Gasteiger partial charge is 0.238 e. The van der Waals surface area contributed by atoms with Crippen LogP contribution in [0.5, 0.6) is 0 Å². The van der Waals surface area contributed by atoms with Crippen molar-refractivity contribution in [1.29, 1.82) is 0 Å². The van der Waals surface area contributed by atoms with E-state index in [4.69, 9.17) is 5.14 Å². The van der Waals surface area contributed by atoms with Gasteiger partial charge in [-0.3, -0.25) is 4.90 Å². The summed E-state index contributed by atoms with van der Waals surface area (Å²) < 4.78 is 47.0. The van der Waals surface area contributed by atoms with Gasteiger partial charge in [0.1, 0.15) is 0 Å². The number of unbranched alkanes of at least 4 members (excludes halogenated alkanes) is 2. The number of para-hydroxylation sites is 1. The van der Waals surface area contributed by atoms with E-state index in [0.29, 0.717) is 0 Å². The topological polar surface area (TPSA) is 101 Å². The summed E-state index contributed by atoms with van der Waals surface area (Å²) in [5, 5.41) is 5.32. The van der Waals surface area contributed by atoms with Crippen molar-refractivity contribution in [2.45, 2.75) is 36.3 Å². The lowest BCUT2D eigenvalue weighted by molar-refractivity contribution is 0.252. The van der Waals surface area contributed by atoms with Crippen molar-refractivity contribution in [1.82, 2.24) is 4.90 Å². The summed E-state index contributed by atoms with van der Waals surface area (Å²) in [4.78, 5) is 4.84. The lowest BCUT2D eigenvalue weighted by Crippen LogP contribution is -2.46. The van der Waals surface area contributed by atoms with Gasteiger partial charge in [0.25, 0.3) is 0 Å². The summed E-state index contributed by atoms with van der Waals surface area (Å²) in [7, 11) is -7.33. The van der Waals surface area contributed by atoms with E-state index in [1.54, 1.807) is 12.1 Å². The third-order valence-electron chi connectivity index (χ3n) is 5.79. The molecule has 3 rings (SSSR count). The Balaban J connectivity index is 1.43. The van der Waals surface area contributed by atoms with Crippen LogP contribution in [0.4, 0.5) is 5.69 Å². The predicted octanol–water partition coefficient (Wildman–Crippen LogP) is 2.41. The molecule has 0 amide bonds. The van der Waals surface area contributed by atoms with Gasteiger partial charge < -0.3 is 4.90 Å². The van der Waals surface area contributed by atoms with Gasteiger partial charge in [0, 0.05) is 38.1 Å². The summed E-state index contributed by atoms with van der Waals surface area (Å²) in [5.41, 5.74) is 2.38. The van der Waals surface area contributed by atoms with Crippen LogP contribution in [0.3, 0.4) is 0 Å². The van der Waals surface area contributed by atoms with Crippen molar-refractivity contribution in [3.63, 3.8) is 0 Å². The average Bonchev–Trinajstić information content (AvgIpc) is 2.74. The first kappa shape index (κ1) is 24.7. The second-order valence-corrected chi connectivity index (χ2v) is 12.2. The van der Waals surface area contributed by atoms with Crippen LogP contribution in [0, 0.1) is 0 Å². The molecule has 0 saturated carbocycles. The van der Waals surface area contributed by atoms with Crippen molar-refractivity contribution in [2.75, 3.05) is 43.9 Å². The Morgan fingerprint density at radius 1 is 0.875 bits per heavy atom. The average molecular weight is 480 g/mol. The molecule has 2 aromatic carbocycles. The Kier molecular flexibility index (Phi) is 8.32. The molecule has 1 aliphatic rings. The molecule has 0 spiro atoms. The molecule has 0 aromatic heterocycles. The number of sulfonamides is 1. The largest absolute Gasteiger partial charge is 0.369 e. The third-order valence-corrected chi connectivity index (χ3v) is 7.62. The molecule has 0 atom stereocenters. The third kappa shape index (κ3) is 7.58. The standard InChI is InChI=1S/C23H33N3O4S2/c1-31(27,28)19-21-12-11-20(18-23(21)32(24,29)30)8-4-3-7-13-25-14-16-26(17-15-25)22-9-5-2-6-10-22/h2,5-6,9-12,18H,3-4,7-8,13-17,19H2,1H3,(H2,24,29,30). The first-order chi connectivity index (χ1) is 15.1.